The van der Waals surface area contributed by atoms with E-state index in [1.54, 1.807) is 12.3 Å². The Kier molecular flexibility index (Phi) is 4.74. The van der Waals surface area contributed by atoms with Crippen LogP contribution in [0.25, 0.3) is 0 Å². The quantitative estimate of drug-likeness (QED) is 0.870. The van der Waals surface area contributed by atoms with E-state index >= 15 is 0 Å². The Morgan fingerprint density at radius 1 is 1.26 bits per heavy atom. The highest BCUT2D eigenvalue weighted by Crippen LogP contribution is 2.11. The van der Waals surface area contributed by atoms with Gasteiger partial charge in [0.2, 0.25) is 5.91 Å². The Morgan fingerprint density at radius 3 is 2.79 bits per heavy atom. The molecule has 0 fully saturated rings. The first-order valence-corrected chi connectivity index (χ1v) is 6.89. The molecule has 0 unspecified atom stereocenters. The molecule has 0 saturated carbocycles. The molecule has 0 radical (unpaired) electrons. The number of aromatic nitrogens is 2. The van der Waals surface area contributed by atoms with Gasteiger partial charge in [0.25, 0.3) is 0 Å². The Bertz CT molecular complexity index is 547. The normalized spacial score (nSPS) is 10.1. The number of carbonyl (C=O) groups is 1. The molecule has 19 heavy (non-hydrogen) atoms. The molecule has 3 N–H and O–H groups in total. The van der Waals surface area contributed by atoms with Crippen LogP contribution in [0.2, 0.25) is 0 Å². The third-order valence-electron chi connectivity index (χ3n) is 2.25. The monoisotopic (exact) mass is 274 g/mol. The molecule has 0 aliphatic carbocycles. The van der Waals surface area contributed by atoms with Crippen molar-refractivity contribution in [3.05, 3.63) is 48.4 Å². The number of benzene rings is 1. The lowest BCUT2D eigenvalue weighted by molar-refractivity contribution is -0.113. The lowest BCUT2D eigenvalue weighted by Gasteiger charge is -2.04. The Labute approximate surface area is 115 Å². The lowest BCUT2D eigenvalue weighted by Crippen LogP contribution is -2.14. The topological polar surface area (TPSA) is 80.9 Å². The summed E-state index contributed by atoms with van der Waals surface area (Å²) < 4.78 is 0. The standard InChI is InChI=1S/C13H14N4OS/c14-11-6-7-15-12(17-11)8-19-9-13(18)16-10-4-2-1-3-5-10/h1-7H,8-9H2,(H,16,18)(H2,14,15,17). The molecule has 1 aromatic heterocycles. The molecule has 0 atom stereocenters. The zero-order valence-corrected chi connectivity index (χ0v) is 11.1. The summed E-state index contributed by atoms with van der Waals surface area (Å²) in [6.45, 7) is 0. The molecule has 98 valence electrons. The number of thioether (sulfide) groups is 1. The largest absolute Gasteiger partial charge is 0.384 e. The van der Waals surface area contributed by atoms with E-state index in [0.717, 1.165) is 5.69 Å². The van der Waals surface area contributed by atoms with Crippen molar-refractivity contribution in [2.24, 2.45) is 0 Å². The fraction of sp³-hybridized carbons (Fsp3) is 0.154. The Hall–Kier alpha value is -2.08. The summed E-state index contributed by atoms with van der Waals surface area (Å²) in [5.41, 5.74) is 6.35. The number of nitrogens with two attached hydrogens (primary N) is 1. The van der Waals surface area contributed by atoms with Crippen molar-refractivity contribution < 1.29 is 4.79 Å². The Balaban J connectivity index is 1.75. The maximum Gasteiger partial charge on any atom is 0.234 e. The van der Waals surface area contributed by atoms with Crippen LogP contribution >= 0.6 is 11.8 Å². The molecule has 5 nitrogen and oxygen atoms in total. The van der Waals surface area contributed by atoms with Gasteiger partial charge in [0.05, 0.1) is 11.5 Å². The number of amides is 1. The van der Waals surface area contributed by atoms with E-state index in [1.807, 2.05) is 30.3 Å². The number of nitrogens with one attached hydrogen (secondary N) is 1. The van der Waals surface area contributed by atoms with E-state index in [1.165, 1.54) is 11.8 Å². The fourth-order valence-electron chi connectivity index (χ4n) is 1.44. The maximum atomic E-state index is 11.7. The van der Waals surface area contributed by atoms with Gasteiger partial charge < -0.3 is 11.1 Å². The van der Waals surface area contributed by atoms with Crippen molar-refractivity contribution in [2.75, 3.05) is 16.8 Å². The maximum absolute atomic E-state index is 11.7. The first-order chi connectivity index (χ1) is 9.24. The first-order valence-electron chi connectivity index (χ1n) is 5.74. The third-order valence-corrected chi connectivity index (χ3v) is 3.18. The number of para-hydroxylation sites is 1. The molecule has 2 aromatic rings. The molecule has 0 aliphatic heterocycles. The highest BCUT2D eigenvalue weighted by atomic mass is 32.2. The van der Waals surface area contributed by atoms with Crippen LogP contribution in [0.1, 0.15) is 5.82 Å². The summed E-state index contributed by atoms with van der Waals surface area (Å²) in [6, 6.07) is 11.0. The minimum Gasteiger partial charge on any atom is -0.384 e. The molecule has 1 heterocycles. The summed E-state index contributed by atoms with van der Waals surface area (Å²) in [5.74, 6) is 1.96. The number of nitrogens with zero attached hydrogens (tertiary/aromatic N) is 2. The van der Waals surface area contributed by atoms with Gasteiger partial charge in [-0.15, -0.1) is 11.8 Å². The van der Waals surface area contributed by atoms with Crippen LogP contribution in [0.3, 0.4) is 0 Å². The average Bonchev–Trinajstić information content (AvgIpc) is 2.40. The van der Waals surface area contributed by atoms with E-state index in [4.69, 9.17) is 5.73 Å². The molecule has 1 amide bonds. The van der Waals surface area contributed by atoms with E-state index in [9.17, 15) is 4.79 Å². The molecular formula is C13H14N4OS. The zero-order chi connectivity index (χ0) is 13.5. The van der Waals surface area contributed by atoms with E-state index in [0.29, 0.717) is 23.1 Å². The smallest absolute Gasteiger partial charge is 0.234 e. The number of hydrogen-bond donors (Lipinski definition) is 2. The molecule has 6 heteroatoms. The molecule has 0 spiro atoms. The van der Waals surface area contributed by atoms with Gasteiger partial charge in [-0.05, 0) is 18.2 Å². The first kappa shape index (κ1) is 13.4. The minimum absolute atomic E-state index is 0.0416. The van der Waals surface area contributed by atoms with Crippen molar-refractivity contribution in [2.45, 2.75) is 5.75 Å². The molecule has 0 aliphatic rings. The summed E-state index contributed by atoms with van der Waals surface area (Å²) in [4.78, 5) is 19.8. The van der Waals surface area contributed by atoms with E-state index in [2.05, 4.69) is 15.3 Å². The fourth-order valence-corrected chi connectivity index (χ4v) is 2.12. The summed E-state index contributed by atoms with van der Waals surface area (Å²) in [7, 11) is 0. The van der Waals surface area contributed by atoms with Gasteiger partial charge in [0.1, 0.15) is 11.6 Å². The van der Waals surface area contributed by atoms with Gasteiger partial charge >= 0.3 is 0 Å². The summed E-state index contributed by atoms with van der Waals surface area (Å²) in [5, 5.41) is 2.81. The molecule has 0 saturated heterocycles. The van der Waals surface area contributed by atoms with Gasteiger partial charge in [-0.2, -0.15) is 0 Å². The van der Waals surface area contributed by atoms with Crippen LogP contribution in [0.4, 0.5) is 11.5 Å². The lowest BCUT2D eigenvalue weighted by atomic mass is 10.3. The van der Waals surface area contributed by atoms with E-state index < -0.39 is 0 Å². The molecular weight excluding hydrogens is 260 g/mol. The van der Waals surface area contributed by atoms with Crippen molar-refractivity contribution >= 4 is 29.2 Å². The van der Waals surface area contributed by atoms with Crippen molar-refractivity contribution in [1.82, 2.24) is 9.97 Å². The van der Waals surface area contributed by atoms with Crippen LogP contribution in [-0.2, 0) is 10.5 Å². The third kappa shape index (κ3) is 4.59. The second-order valence-corrected chi connectivity index (χ2v) is 4.79. The zero-order valence-electron chi connectivity index (χ0n) is 10.2. The van der Waals surface area contributed by atoms with Crippen molar-refractivity contribution in [3.8, 4) is 0 Å². The van der Waals surface area contributed by atoms with Gasteiger partial charge in [0, 0.05) is 11.9 Å². The number of rotatable bonds is 5. The van der Waals surface area contributed by atoms with Crippen LogP contribution in [0, 0.1) is 0 Å². The number of anilines is 2. The number of carbonyl (C=O) groups excluding carboxylic acids is 1. The minimum atomic E-state index is -0.0416. The van der Waals surface area contributed by atoms with Crippen LogP contribution < -0.4 is 11.1 Å². The number of hydrogen-bond acceptors (Lipinski definition) is 5. The van der Waals surface area contributed by atoms with Crippen molar-refractivity contribution in [1.29, 1.82) is 0 Å². The van der Waals surface area contributed by atoms with E-state index in [-0.39, 0.29) is 5.91 Å². The molecule has 1 aromatic carbocycles. The molecule has 2 rings (SSSR count). The highest BCUT2D eigenvalue weighted by Gasteiger charge is 2.04. The van der Waals surface area contributed by atoms with Gasteiger partial charge in [-0.3, -0.25) is 4.79 Å². The van der Waals surface area contributed by atoms with Gasteiger partial charge in [-0.1, -0.05) is 18.2 Å². The highest BCUT2D eigenvalue weighted by molar-refractivity contribution is 7.99. The summed E-state index contributed by atoms with van der Waals surface area (Å²) in [6.07, 6.45) is 1.61. The summed E-state index contributed by atoms with van der Waals surface area (Å²) >= 11 is 1.45. The van der Waals surface area contributed by atoms with Crippen LogP contribution in [0.15, 0.2) is 42.6 Å². The van der Waals surface area contributed by atoms with Gasteiger partial charge in [-0.25, -0.2) is 9.97 Å². The SMILES string of the molecule is Nc1ccnc(CSCC(=O)Nc2ccccc2)n1. The Morgan fingerprint density at radius 2 is 2.05 bits per heavy atom. The second-order valence-electron chi connectivity index (χ2n) is 3.80. The predicted octanol–water partition coefficient (Wildman–Crippen LogP) is 1.93. The average molecular weight is 274 g/mol. The number of nitrogen functional groups attached to an aromatic ring is 1. The predicted molar refractivity (Wildman–Crippen MR) is 77.7 cm³/mol. The van der Waals surface area contributed by atoms with Crippen LogP contribution in [-0.4, -0.2) is 21.6 Å². The van der Waals surface area contributed by atoms with Crippen LogP contribution in [0.5, 0.6) is 0 Å². The van der Waals surface area contributed by atoms with Crippen molar-refractivity contribution in [3.63, 3.8) is 0 Å². The molecule has 0 bridgehead atoms. The second kappa shape index (κ2) is 6.75. The van der Waals surface area contributed by atoms with Gasteiger partial charge in [0.15, 0.2) is 0 Å².